The van der Waals surface area contributed by atoms with Crippen molar-refractivity contribution in [2.75, 3.05) is 23.7 Å². The number of hydrogen-bond acceptors (Lipinski definition) is 5. The average Bonchev–Trinajstić information content (AvgIpc) is 3.11. The second-order valence-corrected chi connectivity index (χ2v) is 10.8. The molecule has 1 fully saturated rings. The lowest BCUT2D eigenvalue weighted by Crippen LogP contribution is -2.43. The molecule has 0 bridgehead atoms. The highest BCUT2D eigenvalue weighted by Crippen LogP contribution is 2.30. The lowest BCUT2D eigenvalue weighted by atomic mass is 9.98. The summed E-state index contributed by atoms with van der Waals surface area (Å²) in [6.07, 6.45) is 1.23. The first-order chi connectivity index (χ1) is 13.7. The summed E-state index contributed by atoms with van der Waals surface area (Å²) in [5, 5.41) is 5.70. The van der Waals surface area contributed by atoms with Gasteiger partial charge in [-0.3, -0.25) is 9.59 Å². The van der Waals surface area contributed by atoms with Crippen LogP contribution in [0.25, 0.3) is 0 Å². The van der Waals surface area contributed by atoms with E-state index < -0.39 is 15.9 Å². The molecule has 29 heavy (non-hydrogen) atoms. The van der Waals surface area contributed by atoms with Crippen LogP contribution >= 0.6 is 22.9 Å². The molecule has 0 radical (unpaired) electrons. The number of rotatable bonds is 5. The third kappa shape index (κ3) is 5.16. The second-order valence-electron chi connectivity index (χ2n) is 6.93. The molecule has 7 nitrogen and oxygen atoms in total. The SMILES string of the molecule is CC(=O)Nc1ccc(NC(=O)C2CCCN(S(=O)(=O)c3ccc(C)s3)C2)cc1Cl. The van der Waals surface area contributed by atoms with Crippen LogP contribution in [0.15, 0.2) is 34.5 Å². The molecule has 3 rings (SSSR count). The Morgan fingerprint density at radius 2 is 1.97 bits per heavy atom. The summed E-state index contributed by atoms with van der Waals surface area (Å²) in [4.78, 5) is 24.8. The van der Waals surface area contributed by atoms with Gasteiger partial charge < -0.3 is 10.6 Å². The highest BCUT2D eigenvalue weighted by molar-refractivity contribution is 7.91. The lowest BCUT2D eigenvalue weighted by Gasteiger charge is -2.30. The van der Waals surface area contributed by atoms with Crippen molar-refractivity contribution < 1.29 is 18.0 Å². The summed E-state index contributed by atoms with van der Waals surface area (Å²) in [6, 6.07) is 8.19. The fraction of sp³-hybridized carbons (Fsp3) is 0.368. The smallest absolute Gasteiger partial charge is 0.252 e. The largest absolute Gasteiger partial charge is 0.326 e. The van der Waals surface area contributed by atoms with Gasteiger partial charge in [-0.15, -0.1) is 11.3 Å². The molecule has 1 saturated heterocycles. The predicted molar refractivity (Wildman–Crippen MR) is 115 cm³/mol. The van der Waals surface area contributed by atoms with Crippen molar-refractivity contribution in [3.8, 4) is 0 Å². The van der Waals surface area contributed by atoms with E-state index in [2.05, 4.69) is 10.6 Å². The molecule has 1 unspecified atom stereocenters. The van der Waals surface area contributed by atoms with Crippen molar-refractivity contribution in [2.45, 2.75) is 30.9 Å². The maximum atomic E-state index is 12.8. The van der Waals surface area contributed by atoms with Crippen molar-refractivity contribution in [1.82, 2.24) is 4.31 Å². The molecule has 0 spiro atoms. The number of thiophene rings is 1. The number of hydrogen-bond donors (Lipinski definition) is 2. The average molecular weight is 456 g/mol. The van der Waals surface area contributed by atoms with Crippen molar-refractivity contribution in [2.24, 2.45) is 5.92 Å². The highest BCUT2D eigenvalue weighted by Gasteiger charge is 2.34. The molecular weight excluding hydrogens is 434 g/mol. The van der Waals surface area contributed by atoms with E-state index >= 15 is 0 Å². The Bertz CT molecular complexity index is 1040. The Morgan fingerprint density at radius 3 is 2.59 bits per heavy atom. The minimum atomic E-state index is -3.59. The summed E-state index contributed by atoms with van der Waals surface area (Å²) in [5.41, 5.74) is 0.946. The molecule has 1 aromatic heterocycles. The Hall–Kier alpha value is -1.94. The van der Waals surface area contributed by atoms with Crippen LogP contribution in [-0.4, -0.2) is 37.6 Å². The molecule has 1 aromatic carbocycles. The molecule has 2 heterocycles. The number of nitrogens with one attached hydrogen (secondary N) is 2. The number of carbonyl (C=O) groups excluding carboxylic acids is 2. The van der Waals surface area contributed by atoms with Gasteiger partial charge in [0.2, 0.25) is 11.8 Å². The topological polar surface area (TPSA) is 95.6 Å². The van der Waals surface area contributed by atoms with Gasteiger partial charge in [0.25, 0.3) is 10.0 Å². The predicted octanol–water partition coefficient (Wildman–Crippen LogP) is 3.71. The van der Waals surface area contributed by atoms with Crippen LogP contribution < -0.4 is 10.6 Å². The third-order valence-electron chi connectivity index (χ3n) is 4.61. The van der Waals surface area contributed by atoms with E-state index in [0.29, 0.717) is 40.0 Å². The molecule has 2 amide bonds. The van der Waals surface area contributed by atoms with E-state index in [4.69, 9.17) is 11.6 Å². The molecule has 2 N–H and O–H groups in total. The standard InChI is InChI=1S/C19H22ClN3O4S2/c1-12-5-8-18(28-12)29(26,27)23-9-3-4-14(11-23)19(25)22-15-6-7-17(16(20)10-15)21-13(2)24/h5-8,10,14H,3-4,9,11H2,1-2H3,(H,21,24)(H,22,25). The number of sulfonamides is 1. The van der Waals surface area contributed by atoms with E-state index in [0.717, 1.165) is 4.88 Å². The summed E-state index contributed by atoms with van der Waals surface area (Å²) in [7, 11) is -3.59. The van der Waals surface area contributed by atoms with Gasteiger partial charge in [0.1, 0.15) is 4.21 Å². The molecule has 0 aliphatic carbocycles. The molecule has 10 heteroatoms. The first kappa shape index (κ1) is 21.8. The minimum Gasteiger partial charge on any atom is -0.326 e. The van der Waals surface area contributed by atoms with Gasteiger partial charge in [0, 0.05) is 30.6 Å². The number of anilines is 2. The normalized spacial score (nSPS) is 17.7. The second kappa shape index (κ2) is 8.83. The Kier molecular flexibility index (Phi) is 6.62. The van der Waals surface area contributed by atoms with E-state index in [1.807, 2.05) is 6.92 Å². The van der Waals surface area contributed by atoms with Crippen molar-refractivity contribution in [3.05, 3.63) is 40.2 Å². The van der Waals surface area contributed by atoms with E-state index in [1.54, 1.807) is 30.3 Å². The number of aryl methyl sites for hydroxylation is 1. The van der Waals surface area contributed by atoms with Crippen LogP contribution in [0.1, 0.15) is 24.6 Å². The van der Waals surface area contributed by atoms with Gasteiger partial charge in [0.15, 0.2) is 0 Å². The van der Waals surface area contributed by atoms with Crippen LogP contribution in [-0.2, 0) is 19.6 Å². The van der Waals surface area contributed by atoms with Crippen molar-refractivity contribution in [3.63, 3.8) is 0 Å². The lowest BCUT2D eigenvalue weighted by molar-refractivity contribution is -0.121. The van der Waals surface area contributed by atoms with E-state index in [1.165, 1.54) is 22.6 Å². The number of amides is 2. The zero-order valence-electron chi connectivity index (χ0n) is 16.1. The number of carbonyl (C=O) groups is 2. The molecule has 1 aliphatic heterocycles. The summed E-state index contributed by atoms with van der Waals surface area (Å²) in [5.74, 6) is -0.947. The number of nitrogens with zero attached hydrogens (tertiary/aromatic N) is 1. The quantitative estimate of drug-likeness (QED) is 0.718. The van der Waals surface area contributed by atoms with Gasteiger partial charge >= 0.3 is 0 Å². The third-order valence-corrected chi connectivity index (χ3v) is 8.26. The van der Waals surface area contributed by atoms with Gasteiger partial charge in [-0.25, -0.2) is 8.42 Å². The Labute approximate surface area is 179 Å². The van der Waals surface area contributed by atoms with Crippen molar-refractivity contribution >= 4 is 56.2 Å². The Morgan fingerprint density at radius 1 is 1.21 bits per heavy atom. The summed E-state index contributed by atoms with van der Waals surface area (Å²) >= 11 is 7.38. The van der Waals surface area contributed by atoms with Crippen LogP contribution in [0.5, 0.6) is 0 Å². The maximum absolute atomic E-state index is 12.8. The van der Waals surface area contributed by atoms with Gasteiger partial charge in [-0.2, -0.15) is 4.31 Å². The van der Waals surface area contributed by atoms with Crippen LogP contribution in [0.2, 0.25) is 5.02 Å². The maximum Gasteiger partial charge on any atom is 0.252 e. The molecule has 0 saturated carbocycles. The van der Waals surface area contributed by atoms with E-state index in [-0.39, 0.29) is 18.4 Å². The highest BCUT2D eigenvalue weighted by atomic mass is 35.5. The zero-order chi connectivity index (χ0) is 21.2. The van der Waals surface area contributed by atoms with Crippen LogP contribution in [0, 0.1) is 12.8 Å². The molecule has 1 aliphatic rings. The first-order valence-electron chi connectivity index (χ1n) is 9.11. The van der Waals surface area contributed by atoms with Gasteiger partial charge in [-0.05, 0) is 50.1 Å². The molecule has 156 valence electrons. The van der Waals surface area contributed by atoms with Gasteiger partial charge in [-0.1, -0.05) is 11.6 Å². The van der Waals surface area contributed by atoms with Crippen LogP contribution in [0.3, 0.4) is 0 Å². The van der Waals surface area contributed by atoms with E-state index in [9.17, 15) is 18.0 Å². The molecule has 2 aromatic rings. The molecular formula is C19H22ClN3O4S2. The van der Waals surface area contributed by atoms with Crippen molar-refractivity contribution in [1.29, 1.82) is 0 Å². The zero-order valence-corrected chi connectivity index (χ0v) is 18.5. The molecule has 1 atom stereocenters. The summed E-state index contributed by atoms with van der Waals surface area (Å²) in [6.45, 7) is 3.79. The fourth-order valence-electron chi connectivity index (χ4n) is 3.18. The Balaban J connectivity index is 1.68. The number of benzene rings is 1. The fourth-order valence-corrected chi connectivity index (χ4v) is 6.37. The van der Waals surface area contributed by atoms with Crippen LogP contribution in [0.4, 0.5) is 11.4 Å². The minimum absolute atomic E-state index is 0.142. The monoisotopic (exact) mass is 455 g/mol. The number of piperidine rings is 1. The summed E-state index contributed by atoms with van der Waals surface area (Å²) < 4.78 is 27.4. The number of halogens is 1. The van der Waals surface area contributed by atoms with Gasteiger partial charge in [0.05, 0.1) is 16.6 Å². The first-order valence-corrected chi connectivity index (χ1v) is 11.7.